The first-order chi connectivity index (χ1) is 8.81. The van der Waals surface area contributed by atoms with Crippen molar-refractivity contribution < 1.29 is 0 Å². The molecule has 2 nitrogen and oxygen atoms in total. The van der Waals surface area contributed by atoms with Gasteiger partial charge in [0.25, 0.3) is 0 Å². The van der Waals surface area contributed by atoms with Gasteiger partial charge in [-0.1, -0.05) is 37.1 Å². The zero-order valence-corrected chi connectivity index (χ0v) is 11.6. The third kappa shape index (κ3) is 3.56. The van der Waals surface area contributed by atoms with Crippen LogP contribution in [0.1, 0.15) is 49.8 Å². The minimum atomic E-state index is 0.551. The topological polar surface area (TPSA) is 29.3 Å². The highest BCUT2D eigenvalue weighted by Gasteiger charge is 2.16. The molecule has 1 atom stereocenters. The van der Waals surface area contributed by atoms with Crippen LogP contribution in [0.2, 0.25) is 0 Å². The molecule has 1 aromatic carbocycles. The number of hydrogen-bond acceptors (Lipinski definition) is 2. The average molecular weight is 246 g/mol. The normalized spacial score (nSPS) is 19.4. The summed E-state index contributed by atoms with van der Waals surface area (Å²) < 4.78 is 0. The van der Waals surface area contributed by atoms with Crippen LogP contribution in [0.3, 0.4) is 0 Å². The minimum Gasteiger partial charge on any atom is -0.330 e. The van der Waals surface area contributed by atoms with E-state index in [1.807, 2.05) is 0 Å². The summed E-state index contributed by atoms with van der Waals surface area (Å²) >= 11 is 0. The van der Waals surface area contributed by atoms with Gasteiger partial charge in [-0.25, -0.2) is 0 Å². The Morgan fingerprint density at radius 1 is 1.06 bits per heavy atom. The van der Waals surface area contributed by atoms with E-state index >= 15 is 0 Å². The molecular weight excluding hydrogens is 220 g/mol. The first kappa shape index (κ1) is 13.6. The summed E-state index contributed by atoms with van der Waals surface area (Å²) in [6.45, 7) is 5.59. The van der Waals surface area contributed by atoms with Crippen molar-refractivity contribution in [3.8, 4) is 0 Å². The van der Waals surface area contributed by atoms with Crippen molar-refractivity contribution in [1.29, 1.82) is 0 Å². The van der Waals surface area contributed by atoms with Gasteiger partial charge in [-0.2, -0.15) is 0 Å². The van der Waals surface area contributed by atoms with Crippen LogP contribution < -0.4 is 5.73 Å². The number of rotatable bonds is 4. The second kappa shape index (κ2) is 6.91. The highest BCUT2D eigenvalue weighted by atomic mass is 15.1. The van der Waals surface area contributed by atoms with Crippen LogP contribution in [0, 0.1) is 0 Å². The molecule has 1 aliphatic rings. The maximum atomic E-state index is 5.58. The van der Waals surface area contributed by atoms with Crippen LogP contribution in [-0.4, -0.2) is 24.5 Å². The van der Waals surface area contributed by atoms with Gasteiger partial charge in [0.1, 0.15) is 0 Å². The lowest BCUT2D eigenvalue weighted by molar-refractivity contribution is 0.219. The maximum Gasteiger partial charge on any atom is 0.0319 e. The maximum absolute atomic E-state index is 5.58. The van der Waals surface area contributed by atoms with Gasteiger partial charge < -0.3 is 5.73 Å². The Morgan fingerprint density at radius 2 is 1.67 bits per heavy atom. The van der Waals surface area contributed by atoms with Crippen LogP contribution in [0.5, 0.6) is 0 Å². The van der Waals surface area contributed by atoms with E-state index in [0.717, 1.165) is 13.0 Å². The third-order valence-electron chi connectivity index (χ3n) is 4.08. The molecule has 100 valence electrons. The molecule has 1 unspecified atom stereocenters. The molecule has 18 heavy (non-hydrogen) atoms. The second-order valence-electron chi connectivity index (χ2n) is 5.41. The number of nitrogens with zero attached hydrogens (tertiary/aromatic N) is 1. The number of hydrogen-bond donors (Lipinski definition) is 1. The van der Waals surface area contributed by atoms with Gasteiger partial charge in [0.2, 0.25) is 0 Å². The van der Waals surface area contributed by atoms with Crippen LogP contribution in [0.15, 0.2) is 24.3 Å². The molecule has 2 N–H and O–H groups in total. The lowest BCUT2D eigenvalue weighted by Gasteiger charge is -2.28. The Bertz CT molecular complexity index is 337. The molecule has 1 aliphatic heterocycles. The van der Waals surface area contributed by atoms with Gasteiger partial charge in [0, 0.05) is 6.04 Å². The number of likely N-dealkylation sites (tertiary alicyclic amines) is 1. The van der Waals surface area contributed by atoms with Gasteiger partial charge in [-0.15, -0.1) is 0 Å². The molecular formula is C16H26N2. The van der Waals surface area contributed by atoms with Crippen LogP contribution in [0.25, 0.3) is 0 Å². The van der Waals surface area contributed by atoms with E-state index in [9.17, 15) is 0 Å². The van der Waals surface area contributed by atoms with Gasteiger partial charge in [-0.3, -0.25) is 4.90 Å². The molecule has 0 saturated carbocycles. The van der Waals surface area contributed by atoms with Crippen LogP contribution in [0.4, 0.5) is 0 Å². The molecule has 1 fully saturated rings. The smallest absolute Gasteiger partial charge is 0.0319 e. The Morgan fingerprint density at radius 3 is 2.22 bits per heavy atom. The summed E-state index contributed by atoms with van der Waals surface area (Å²) in [4.78, 5) is 2.63. The molecule has 0 aliphatic carbocycles. The average Bonchev–Trinajstić information content (AvgIpc) is 2.68. The zero-order chi connectivity index (χ0) is 12.8. The van der Waals surface area contributed by atoms with Crippen molar-refractivity contribution >= 4 is 0 Å². The molecule has 1 heterocycles. The summed E-state index contributed by atoms with van der Waals surface area (Å²) in [6, 6.07) is 9.57. The monoisotopic (exact) mass is 246 g/mol. The Kier molecular flexibility index (Phi) is 5.21. The lowest BCUT2D eigenvalue weighted by Crippen LogP contribution is -2.27. The van der Waals surface area contributed by atoms with Crippen molar-refractivity contribution in [2.45, 2.75) is 45.1 Å². The Balaban J connectivity index is 2.00. The van der Waals surface area contributed by atoms with Crippen molar-refractivity contribution in [3.05, 3.63) is 35.4 Å². The van der Waals surface area contributed by atoms with Gasteiger partial charge in [0.05, 0.1) is 0 Å². The Labute approximate surface area is 111 Å². The van der Waals surface area contributed by atoms with E-state index < -0.39 is 0 Å². The highest BCUT2D eigenvalue weighted by molar-refractivity contribution is 5.25. The second-order valence-corrected chi connectivity index (χ2v) is 5.41. The molecule has 2 heteroatoms. The first-order valence-electron chi connectivity index (χ1n) is 7.34. The van der Waals surface area contributed by atoms with Crippen LogP contribution >= 0.6 is 0 Å². The van der Waals surface area contributed by atoms with E-state index in [1.165, 1.54) is 49.9 Å². The molecule has 0 radical (unpaired) electrons. The van der Waals surface area contributed by atoms with E-state index in [-0.39, 0.29) is 0 Å². The lowest BCUT2D eigenvalue weighted by atomic mass is 10.0. The van der Waals surface area contributed by atoms with E-state index in [4.69, 9.17) is 5.73 Å². The van der Waals surface area contributed by atoms with Crippen molar-refractivity contribution in [2.24, 2.45) is 5.73 Å². The van der Waals surface area contributed by atoms with E-state index in [2.05, 4.69) is 36.1 Å². The minimum absolute atomic E-state index is 0.551. The quantitative estimate of drug-likeness (QED) is 0.884. The SMILES string of the molecule is CC(c1ccc(CCN)cc1)N1CCCCCC1. The molecule has 0 amide bonds. The highest BCUT2D eigenvalue weighted by Crippen LogP contribution is 2.23. The van der Waals surface area contributed by atoms with E-state index in [0.29, 0.717) is 6.04 Å². The van der Waals surface area contributed by atoms with Crippen molar-refractivity contribution in [2.75, 3.05) is 19.6 Å². The molecule has 0 spiro atoms. The number of nitrogens with two attached hydrogens (primary N) is 1. The molecule has 2 rings (SSSR count). The van der Waals surface area contributed by atoms with Gasteiger partial charge >= 0.3 is 0 Å². The summed E-state index contributed by atoms with van der Waals surface area (Å²) in [5.41, 5.74) is 8.38. The molecule has 0 bridgehead atoms. The first-order valence-corrected chi connectivity index (χ1v) is 7.34. The van der Waals surface area contributed by atoms with Crippen molar-refractivity contribution in [1.82, 2.24) is 4.90 Å². The van der Waals surface area contributed by atoms with Crippen molar-refractivity contribution in [3.63, 3.8) is 0 Å². The van der Waals surface area contributed by atoms with E-state index in [1.54, 1.807) is 0 Å². The predicted molar refractivity (Wildman–Crippen MR) is 77.7 cm³/mol. The fourth-order valence-electron chi connectivity index (χ4n) is 2.82. The van der Waals surface area contributed by atoms with Gasteiger partial charge in [0.15, 0.2) is 0 Å². The summed E-state index contributed by atoms with van der Waals surface area (Å²) in [5.74, 6) is 0. The largest absolute Gasteiger partial charge is 0.330 e. The standard InChI is InChI=1S/C16H26N2/c1-14(18-12-4-2-3-5-13-18)16-8-6-15(7-9-16)10-11-17/h6-9,14H,2-5,10-13,17H2,1H3. The number of benzene rings is 1. The fraction of sp³-hybridized carbons (Fsp3) is 0.625. The predicted octanol–water partition coefficient (Wildman–Crippen LogP) is 3.12. The third-order valence-corrected chi connectivity index (χ3v) is 4.08. The molecule has 1 aromatic rings. The fourth-order valence-corrected chi connectivity index (χ4v) is 2.82. The van der Waals surface area contributed by atoms with Crippen LogP contribution in [-0.2, 0) is 6.42 Å². The van der Waals surface area contributed by atoms with Gasteiger partial charge in [-0.05, 0) is 56.9 Å². The molecule has 1 saturated heterocycles. The molecule has 0 aromatic heterocycles. The summed E-state index contributed by atoms with van der Waals surface area (Å²) in [7, 11) is 0. The summed E-state index contributed by atoms with van der Waals surface area (Å²) in [5, 5.41) is 0. The summed E-state index contributed by atoms with van der Waals surface area (Å²) in [6.07, 6.45) is 6.50. The zero-order valence-electron chi connectivity index (χ0n) is 11.6. The Hall–Kier alpha value is -0.860.